The second-order valence-corrected chi connectivity index (χ2v) is 5.82. The summed E-state index contributed by atoms with van der Waals surface area (Å²) in [5.74, 6) is 1.02. The van der Waals surface area contributed by atoms with E-state index in [9.17, 15) is 0 Å². The van der Waals surface area contributed by atoms with Gasteiger partial charge in [0.25, 0.3) is 0 Å². The van der Waals surface area contributed by atoms with E-state index in [0.717, 1.165) is 19.1 Å². The van der Waals surface area contributed by atoms with E-state index >= 15 is 0 Å². The fourth-order valence-corrected chi connectivity index (χ4v) is 3.21. The minimum atomic E-state index is 0.547. The number of ether oxygens (including phenoxy) is 1. The summed E-state index contributed by atoms with van der Waals surface area (Å²) in [4.78, 5) is 0. The molecule has 1 saturated carbocycles. The minimum Gasteiger partial charge on any atom is -0.378 e. The zero-order valence-electron chi connectivity index (χ0n) is 11.3. The molecule has 0 aromatic heterocycles. The zero-order valence-corrected chi connectivity index (χ0v) is 11.3. The molecule has 100 valence electrons. The molecule has 0 aromatic rings. The third-order valence-corrected chi connectivity index (χ3v) is 4.37. The van der Waals surface area contributed by atoms with E-state index in [1.807, 2.05) is 0 Å². The summed E-state index contributed by atoms with van der Waals surface area (Å²) in [7, 11) is 0. The maximum Gasteiger partial charge on any atom is 0.0587 e. The van der Waals surface area contributed by atoms with Crippen LogP contribution in [0.1, 0.15) is 64.2 Å². The van der Waals surface area contributed by atoms with Gasteiger partial charge in [0.05, 0.1) is 6.10 Å². The number of rotatable bonds is 6. The van der Waals surface area contributed by atoms with Gasteiger partial charge in [0.2, 0.25) is 0 Å². The molecule has 2 rings (SSSR count). The van der Waals surface area contributed by atoms with Gasteiger partial charge >= 0.3 is 0 Å². The molecule has 0 amide bonds. The topological polar surface area (TPSA) is 21.3 Å². The highest BCUT2D eigenvalue weighted by molar-refractivity contribution is 4.68. The van der Waals surface area contributed by atoms with Crippen LogP contribution in [0, 0.1) is 5.92 Å². The first-order valence-electron chi connectivity index (χ1n) is 7.77. The van der Waals surface area contributed by atoms with Crippen molar-refractivity contribution < 1.29 is 4.74 Å². The fraction of sp³-hybridized carbons (Fsp3) is 1.00. The molecule has 1 saturated heterocycles. The molecule has 2 fully saturated rings. The highest BCUT2D eigenvalue weighted by Gasteiger charge is 2.14. The molecule has 2 heteroatoms. The first-order valence-corrected chi connectivity index (χ1v) is 7.77. The molecule has 17 heavy (non-hydrogen) atoms. The summed E-state index contributed by atoms with van der Waals surface area (Å²) in [5, 5.41) is 3.60. The van der Waals surface area contributed by atoms with Crippen LogP contribution in [0.4, 0.5) is 0 Å². The summed E-state index contributed by atoms with van der Waals surface area (Å²) >= 11 is 0. The Kier molecular flexibility index (Phi) is 6.36. The Bertz CT molecular complexity index is 163. The molecular formula is C15H29NO. The summed E-state index contributed by atoms with van der Waals surface area (Å²) in [6.45, 7) is 3.36. The lowest BCUT2D eigenvalue weighted by atomic mass is 9.87. The van der Waals surface area contributed by atoms with Crippen molar-refractivity contribution in [2.75, 3.05) is 19.7 Å². The number of hydrogen-bond acceptors (Lipinski definition) is 2. The van der Waals surface area contributed by atoms with E-state index < -0.39 is 0 Å². The zero-order chi connectivity index (χ0) is 11.8. The lowest BCUT2D eigenvalue weighted by Gasteiger charge is -2.23. The van der Waals surface area contributed by atoms with E-state index in [4.69, 9.17) is 4.74 Å². The summed E-state index contributed by atoms with van der Waals surface area (Å²) in [6.07, 6.45) is 14.5. The quantitative estimate of drug-likeness (QED) is 0.716. The van der Waals surface area contributed by atoms with Crippen molar-refractivity contribution in [3.05, 3.63) is 0 Å². The molecule has 1 heterocycles. The average Bonchev–Trinajstić information content (AvgIpc) is 2.41. The van der Waals surface area contributed by atoms with E-state index in [2.05, 4.69) is 5.32 Å². The maximum atomic E-state index is 5.73. The average molecular weight is 239 g/mol. The largest absolute Gasteiger partial charge is 0.378 e. The van der Waals surface area contributed by atoms with Crippen LogP contribution in [0.25, 0.3) is 0 Å². The van der Waals surface area contributed by atoms with Gasteiger partial charge in [-0.1, -0.05) is 32.1 Å². The predicted octanol–water partition coefficient (Wildman–Crippen LogP) is 3.51. The van der Waals surface area contributed by atoms with Gasteiger partial charge in [0.1, 0.15) is 0 Å². The van der Waals surface area contributed by atoms with Crippen LogP contribution in [-0.4, -0.2) is 25.8 Å². The Labute approximate surface area is 107 Å². The Morgan fingerprint density at radius 3 is 2.35 bits per heavy atom. The molecule has 1 aliphatic heterocycles. The molecule has 1 atom stereocenters. The molecule has 0 radical (unpaired) electrons. The standard InChI is InChI=1S/C15H29NO/c1-2-6-14(7-3-1)9-11-16-12-10-15-8-4-5-13-17-15/h14-16H,1-13H2. The SMILES string of the molecule is C1CCC(CCNCCC2CCCCO2)CC1. The molecule has 2 aliphatic rings. The summed E-state index contributed by atoms with van der Waals surface area (Å²) < 4.78 is 5.73. The third-order valence-electron chi connectivity index (χ3n) is 4.37. The van der Waals surface area contributed by atoms with E-state index in [0.29, 0.717) is 6.10 Å². The van der Waals surface area contributed by atoms with Crippen LogP contribution in [0.2, 0.25) is 0 Å². The van der Waals surface area contributed by atoms with Gasteiger partial charge in [-0.3, -0.25) is 0 Å². The van der Waals surface area contributed by atoms with Crippen LogP contribution in [0.5, 0.6) is 0 Å². The first kappa shape index (κ1) is 13.4. The fourth-order valence-electron chi connectivity index (χ4n) is 3.21. The number of nitrogens with one attached hydrogen (secondary N) is 1. The predicted molar refractivity (Wildman–Crippen MR) is 72.3 cm³/mol. The monoisotopic (exact) mass is 239 g/mol. The van der Waals surface area contributed by atoms with Crippen molar-refractivity contribution >= 4 is 0 Å². The van der Waals surface area contributed by atoms with Crippen molar-refractivity contribution in [1.29, 1.82) is 0 Å². The van der Waals surface area contributed by atoms with Gasteiger partial charge in [-0.25, -0.2) is 0 Å². The van der Waals surface area contributed by atoms with Crippen LogP contribution in [-0.2, 0) is 4.74 Å². The Hall–Kier alpha value is -0.0800. The van der Waals surface area contributed by atoms with E-state index in [1.165, 1.54) is 70.8 Å². The lowest BCUT2D eigenvalue weighted by molar-refractivity contribution is 0.0115. The Morgan fingerprint density at radius 2 is 1.59 bits per heavy atom. The molecule has 1 aliphatic carbocycles. The number of hydrogen-bond donors (Lipinski definition) is 1. The van der Waals surface area contributed by atoms with Gasteiger partial charge in [0, 0.05) is 6.61 Å². The molecule has 0 bridgehead atoms. The van der Waals surface area contributed by atoms with Crippen molar-refractivity contribution in [3.63, 3.8) is 0 Å². The first-order chi connectivity index (χ1) is 8.45. The van der Waals surface area contributed by atoms with Gasteiger partial charge in [-0.05, 0) is 51.1 Å². The van der Waals surface area contributed by atoms with E-state index in [1.54, 1.807) is 0 Å². The smallest absolute Gasteiger partial charge is 0.0587 e. The highest BCUT2D eigenvalue weighted by Crippen LogP contribution is 2.25. The molecular weight excluding hydrogens is 210 g/mol. The second kappa shape index (κ2) is 8.10. The molecule has 1 unspecified atom stereocenters. The molecule has 1 N–H and O–H groups in total. The van der Waals surface area contributed by atoms with Crippen LogP contribution in [0.15, 0.2) is 0 Å². The van der Waals surface area contributed by atoms with E-state index in [-0.39, 0.29) is 0 Å². The molecule has 2 nitrogen and oxygen atoms in total. The van der Waals surface area contributed by atoms with Gasteiger partial charge < -0.3 is 10.1 Å². The van der Waals surface area contributed by atoms with Gasteiger partial charge in [0.15, 0.2) is 0 Å². The van der Waals surface area contributed by atoms with Crippen molar-refractivity contribution in [1.82, 2.24) is 5.32 Å². The third kappa shape index (κ3) is 5.39. The van der Waals surface area contributed by atoms with Gasteiger partial charge in [-0.2, -0.15) is 0 Å². The van der Waals surface area contributed by atoms with Gasteiger partial charge in [-0.15, -0.1) is 0 Å². The minimum absolute atomic E-state index is 0.547. The second-order valence-electron chi connectivity index (χ2n) is 5.82. The van der Waals surface area contributed by atoms with Crippen molar-refractivity contribution in [3.8, 4) is 0 Å². The summed E-state index contributed by atoms with van der Waals surface area (Å²) in [6, 6.07) is 0. The van der Waals surface area contributed by atoms with Crippen molar-refractivity contribution in [2.45, 2.75) is 70.3 Å². The van der Waals surface area contributed by atoms with Crippen LogP contribution < -0.4 is 5.32 Å². The molecule has 0 aromatic carbocycles. The molecule has 0 spiro atoms. The summed E-state index contributed by atoms with van der Waals surface area (Å²) in [5.41, 5.74) is 0. The Morgan fingerprint density at radius 1 is 0.824 bits per heavy atom. The maximum absolute atomic E-state index is 5.73. The lowest BCUT2D eigenvalue weighted by Crippen LogP contribution is -2.26. The Balaban J connectivity index is 1.42. The normalized spacial score (nSPS) is 27.2. The van der Waals surface area contributed by atoms with Crippen LogP contribution >= 0.6 is 0 Å². The highest BCUT2D eigenvalue weighted by atomic mass is 16.5. The van der Waals surface area contributed by atoms with Crippen molar-refractivity contribution in [2.24, 2.45) is 5.92 Å². The van der Waals surface area contributed by atoms with Crippen LogP contribution in [0.3, 0.4) is 0 Å².